The normalized spacial score (nSPS) is 12.6. The first kappa shape index (κ1) is 11.8. The van der Waals surface area contributed by atoms with Crippen molar-refractivity contribution in [2.24, 2.45) is 0 Å². The van der Waals surface area contributed by atoms with Crippen molar-refractivity contribution in [3.05, 3.63) is 0 Å². The Balaban J connectivity index is 3.81. The fraction of sp³-hybridized carbons (Fsp3) is 0.875. The standard InChI is InChI=1S/C8H17NO2S/c1-4-9-7(6-12-3)8(10)11-5-2/h7,9H,4-6H2,1-3H3. The van der Waals surface area contributed by atoms with Crippen LogP contribution in [0.5, 0.6) is 0 Å². The highest BCUT2D eigenvalue weighted by Gasteiger charge is 2.16. The number of carbonyl (C=O) groups excluding carboxylic acids is 1. The van der Waals surface area contributed by atoms with Crippen LogP contribution in [0.25, 0.3) is 0 Å². The first-order valence-corrected chi connectivity index (χ1v) is 5.54. The van der Waals surface area contributed by atoms with Gasteiger partial charge in [0.2, 0.25) is 0 Å². The highest BCUT2D eigenvalue weighted by Crippen LogP contribution is 1.99. The van der Waals surface area contributed by atoms with Crippen molar-refractivity contribution in [1.29, 1.82) is 0 Å². The molecule has 0 aromatic rings. The maximum absolute atomic E-state index is 11.2. The number of hydrogen-bond acceptors (Lipinski definition) is 4. The molecule has 12 heavy (non-hydrogen) atoms. The molecule has 1 unspecified atom stereocenters. The number of nitrogens with one attached hydrogen (secondary N) is 1. The molecule has 0 aliphatic carbocycles. The van der Waals surface area contributed by atoms with Crippen LogP contribution in [0.3, 0.4) is 0 Å². The van der Waals surface area contributed by atoms with Gasteiger partial charge in [0.15, 0.2) is 0 Å². The zero-order valence-electron chi connectivity index (χ0n) is 7.92. The van der Waals surface area contributed by atoms with E-state index in [2.05, 4.69) is 5.32 Å². The molecular formula is C8H17NO2S. The lowest BCUT2D eigenvalue weighted by Gasteiger charge is -2.14. The molecule has 1 atom stereocenters. The highest BCUT2D eigenvalue weighted by atomic mass is 32.2. The van der Waals surface area contributed by atoms with Crippen molar-refractivity contribution in [3.8, 4) is 0 Å². The van der Waals surface area contributed by atoms with E-state index in [4.69, 9.17) is 4.74 Å². The van der Waals surface area contributed by atoms with Crippen LogP contribution in [0.2, 0.25) is 0 Å². The third kappa shape index (κ3) is 4.62. The molecule has 4 heteroatoms. The average Bonchev–Trinajstić information content (AvgIpc) is 2.04. The van der Waals surface area contributed by atoms with Gasteiger partial charge in [0, 0.05) is 5.75 Å². The van der Waals surface area contributed by atoms with Gasteiger partial charge in [-0.2, -0.15) is 11.8 Å². The number of ether oxygens (including phenoxy) is 1. The number of likely N-dealkylation sites (N-methyl/N-ethyl adjacent to an activating group) is 1. The number of rotatable bonds is 6. The van der Waals surface area contributed by atoms with Crippen LogP contribution in [0.4, 0.5) is 0 Å². The van der Waals surface area contributed by atoms with Crippen molar-refractivity contribution < 1.29 is 9.53 Å². The Morgan fingerprint density at radius 3 is 2.67 bits per heavy atom. The van der Waals surface area contributed by atoms with Gasteiger partial charge in [-0.15, -0.1) is 0 Å². The fourth-order valence-corrected chi connectivity index (χ4v) is 1.45. The van der Waals surface area contributed by atoms with E-state index >= 15 is 0 Å². The van der Waals surface area contributed by atoms with Crippen LogP contribution >= 0.6 is 11.8 Å². The topological polar surface area (TPSA) is 38.3 Å². The summed E-state index contributed by atoms with van der Waals surface area (Å²) in [4.78, 5) is 11.2. The summed E-state index contributed by atoms with van der Waals surface area (Å²) in [6.45, 7) is 5.05. The van der Waals surface area contributed by atoms with Crippen molar-refractivity contribution >= 4 is 17.7 Å². The molecular weight excluding hydrogens is 174 g/mol. The molecule has 0 rings (SSSR count). The molecule has 0 heterocycles. The second kappa shape index (κ2) is 7.43. The molecule has 0 aromatic carbocycles. The molecule has 0 radical (unpaired) electrons. The Morgan fingerprint density at radius 1 is 1.58 bits per heavy atom. The maximum atomic E-state index is 11.2. The molecule has 0 fully saturated rings. The van der Waals surface area contributed by atoms with E-state index < -0.39 is 0 Å². The van der Waals surface area contributed by atoms with Gasteiger partial charge in [-0.25, -0.2) is 0 Å². The average molecular weight is 191 g/mol. The molecule has 0 spiro atoms. The maximum Gasteiger partial charge on any atom is 0.323 e. The van der Waals surface area contributed by atoms with Crippen LogP contribution < -0.4 is 5.32 Å². The number of thioether (sulfide) groups is 1. The smallest absolute Gasteiger partial charge is 0.323 e. The van der Waals surface area contributed by atoms with Crippen LogP contribution in [0, 0.1) is 0 Å². The Morgan fingerprint density at radius 2 is 2.25 bits per heavy atom. The third-order valence-corrected chi connectivity index (χ3v) is 2.02. The summed E-state index contributed by atoms with van der Waals surface area (Å²) in [5.41, 5.74) is 0. The Bertz CT molecular complexity index is 124. The van der Waals surface area contributed by atoms with Gasteiger partial charge in [-0.05, 0) is 19.7 Å². The van der Waals surface area contributed by atoms with Crippen LogP contribution in [0.1, 0.15) is 13.8 Å². The van der Waals surface area contributed by atoms with Crippen LogP contribution in [-0.4, -0.2) is 37.2 Å². The minimum Gasteiger partial charge on any atom is -0.465 e. The predicted molar refractivity (Wildman–Crippen MR) is 52.5 cm³/mol. The summed E-state index contributed by atoms with van der Waals surface area (Å²) in [6, 6.07) is -0.148. The Labute approximate surface area is 78.2 Å². The monoisotopic (exact) mass is 191 g/mol. The van der Waals surface area contributed by atoms with E-state index in [-0.39, 0.29) is 12.0 Å². The molecule has 0 saturated heterocycles. The van der Waals surface area contributed by atoms with Gasteiger partial charge in [0.1, 0.15) is 6.04 Å². The van der Waals surface area contributed by atoms with E-state index in [1.165, 1.54) is 0 Å². The molecule has 1 N–H and O–H groups in total. The summed E-state index contributed by atoms with van der Waals surface area (Å²) in [5, 5.41) is 3.07. The van der Waals surface area contributed by atoms with E-state index in [0.717, 1.165) is 12.3 Å². The SMILES string of the molecule is CCNC(CSC)C(=O)OCC. The number of esters is 1. The van der Waals surface area contributed by atoms with Gasteiger partial charge in [-0.1, -0.05) is 6.92 Å². The molecule has 3 nitrogen and oxygen atoms in total. The first-order chi connectivity index (χ1) is 5.76. The van der Waals surface area contributed by atoms with Crippen molar-refractivity contribution in [1.82, 2.24) is 5.32 Å². The predicted octanol–water partition coefficient (Wildman–Crippen LogP) is 0.891. The van der Waals surface area contributed by atoms with Crippen LogP contribution in [0.15, 0.2) is 0 Å². The second-order valence-electron chi connectivity index (χ2n) is 2.32. The van der Waals surface area contributed by atoms with Gasteiger partial charge < -0.3 is 10.1 Å². The highest BCUT2D eigenvalue weighted by molar-refractivity contribution is 7.98. The van der Waals surface area contributed by atoms with Gasteiger partial charge in [0.25, 0.3) is 0 Å². The molecule has 0 amide bonds. The molecule has 0 saturated carbocycles. The van der Waals surface area contributed by atoms with Crippen molar-refractivity contribution in [2.75, 3.05) is 25.2 Å². The Hall–Kier alpha value is -0.220. The summed E-state index contributed by atoms with van der Waals surface area (Å²) in [5.74, 6) is 0.626. The summed E-state index contributed by atoms with van der Waals surface area (Å²) in [7, 11) is 0. The lowest BCUT2D eigenvalue weighted by molar-refractivity contribution is -0.144. The molecule has 0 aromatic heterocycles. The van der Waals surface area contributed by atoms with Gasteiger partial charge in [0.05, 0.1) is 6.61 Å². The first-order valence-electron chi connectivity index (χ1n) is 4.15. The van der Waals surface area contributed by atoms with Crippen LogP contribution in [-0.2, 0) is 9.53 Å². The minimum atomic E-state index is -0.148. The zero-order chi connectivity index (χ0) is 9.40. The fourth-order valence-electron chi connectivity index (χ4n) is 0.866. The summed E-state index contributed by atoms with van der Waals surface area (Å²) < 4.78 is 4.89. The number of hydrogen-bond donors (Lipinski definition) is 1. The van der Waals surface area contributed by atoms with Crippen molar-refractivity contribution in [3.63, 3.8) is 0 Å². The second-order valence-corrected chi connectivity index (χ2v) is 3.23. The van der Waals surface area contributed by atoms with E-state index in [0.29, 0.717) is 6.61 Å². The van der Waals surface area contributed by atoms with Gasteiger partial charge in [-0.3, -0.25) is 4.79 Å². The molecule has 0 bridgehead atoms. The quantitative estimate of drug-likeness (QED) is 0.633. The molecule has 0 aliphatic rings. The lowest BCUT2D eigenvalue weighted by Crippen LogP contribution is -2.39. The van der Waals surface area contributed by atoms with Gasteiger partial charge >= 0.3 is 5.97 Å². The summed E-state index contributed by atoms with van der Waals surface area (Å²) in [6.07, 6.45) is 1.98. The van der Waals surface area contributed by atoms with E-state index in [1.54, 1.807) is 11.8 Å². The summed E-state index contributed by atoms with van der Waals surface area (Å²) >= 11 is 1.64. The Kier molecular flexibility index (Phi) is 7.29. The van der Waals surface area contributed by atoms with Crippen molar-refractivity contribution in [2.45, 2.75) is 19.9 Å². The zero-order valence-corrected chi connectivity index (χ0v) is 8.74. The third-order valence-electron chi connectivity index (χ3n) is 1.35. The molecule has 0 aliphatic heterocycles. The van der Waals surface area contributed by atoms with E-state index in [9.17, 15) is 4.79 Å². The molecule has 72 valence electrons. The lowest BCUT2D eigenvalue weighted by atomic mass is 10.3. The number of carbonyl (C=O) groups is 1. The largest absolute Gasteiger partial charge is 0.465 e. The van der Waals surface area contributed by atoms with E-state index in [1.807, 2.05) is 20.1 Å². The minimum absolute atomic E-state index is 0.145.